The van der Waals surface area contributed by atoms with Gasteiger partial charge in [0.1, 0.15) is 11.9 Å². The number of rotatable bonds is 8. The van der Waals surface area contributed by atoms with Crippen LogP contribution in [0.15, 0.2) is 55.1 Å². The van der Waals surface area contributed by atoms with Gasteiger partial charge in [0.15, 0.2) is 0 Å². The fourth-order valence-corrected chi connectivity index (χ4v) is 6.53. The second kappa shape index (κ2) is 12.5. The number of likely N-dealkylation sites (tertiary alicyclic amines) is 1. The minimum Gasteiger partial charge on any atom is -0.462 e. The lowest BCUT2D eigenvalue weighted by molar-refractivity contribution is -0.157. The minimum absolute atomic E-state index is 0.0223. The largest absolute Gasteiger partial charge is 0.462 e. The van der Waals surface area contributed by atoms with Crippen molar-refractivity contribution in [2.45, 2.75) is 57.1 Å². The van der Waals surface area contributed by atoms with E-state index < -0.39 is 17.5 Å². The molecule has 0 bridgehead atoms. The number of hydrogen-bond donors (Lipinski definition) is 1. The molecule has 208 valence electrons. The highest BCUT2D eigenvalue weighted by atomic mass is 35.5. The van der Waals surface area contributed by atoms with Crippen LogP contribution in [-0.4, -0.2) is 54.5 Å². The fraction of sp³-hybridized carbons (Fsp3) is 0.433. The molecular formula is C30H34Cl2N2O5. The van der Waals surface area contributed by atoms with Gasteiger partial charge in [-0.25, -0.2) is 0 Å². The average molecular weight is 574 g/mol. The van der Waals surface area contributed by atoms with Gasteiger partial charge in [-0.2, -0.15) is 0 Å². The average Bonchev–Trinajstić information content (AvgIpc) is 2.86. The Morgan fingerprint density at radius 2 is 1.92 bits per heavy atom. The van der Waals surface area contributed by atoms with Crippen LogP contribution in [0.25, 0.3) is 0 Å². The molecule has 0 radical (unpaired) electrons. The van der Waals surface area contributed by atoms with E-state index in [9.17, 15) is 14.4 Å². The molecule has 0 aromatic heterocycles. The van der Waals surface area contributed by atoms with Gasteiger partial charge >= 0.3 is 11.9 Å². The van der Waals surface area contributed by atoms with Crippen LogP contribution in [0.4, 0.5) is 0 Å². The molecule has 2 aromatic rings. The van der Waals surface area contributed by atoms with Crippen LogP contribution in [0.3, 0.4) is 0 Å². The Morgan fingerprint density at radius 3 is 2.62 bits per heavy atom. The van der Waals surface area contributed by atoms with E-state index in [-0.39, 0.29) is 30.3 Å². The zero-order chi connectivity index (χ0) is 28.2. The summed E-state index contributed by atoms with van der Waals surface area (Å²) in [6.45, 7) is 8.94. The highest BCUT2D eigenvalue weighted by molar-refractivity contribution is 6.42. The first-order valence-electron chi connectivity index (χ1n) is 13.1. The molecule has 1 aliphatic carbocycles. The van der Waals surface area contributed by atoms with Crippen LogP contribution in [0.2, 0.25) is 10.0 Å². The number of nitrogens with zero attached hydrogens (tertiary/aromatic N) is 1. The van der Waals surface area contributed by atoms with Gasteiger partial charge in [0, 0.05) is 50.7 Å². The van der Waals surface area contributed by atoms with Gasteiger partial charge < -0.3 is 14.8 Å². The Bertz CT molecular complexity index is 1250. The van der Waals surface area contributed by atoms with Crippen LogP contribution in [0.1, 0.15) is 44.2 Å². The van der Waals surface area contributed by atoms with E-state index in [1.165, 1.54) is 13.8 Å². The monoisotopic (exact) mass is 572 g/mol. The van der Waals surface area contributed by atoms with Gasteiger partial charge in [-0.15, -0.1) is 6.58 Å². The summed E-state index contributed by atoms with van der Waals surface area (Å²) in [5.74, 6) is -0.448. The van der Waals surface area contributed by atoms with Gasteiger partial charge in [-0.1, -0.05) is 47.5 Å². The molecule has 1 aliphatic heterocycles. The molecule has 1 saturated heterocycles. The molecule has 4 rings (SSSR count). The minimum atomic E-state index is -0.409. The highest BCUT2D eigenvalue weighted by Gasteiger charge is 2.53. The van der Waals surface area contributed by atoms with Crippen LogP contribution in [-0.2, 0) is 31.0 Å². The maximum absolute atomic E-state index is 13.1. The van der Waals surface area contributed by atoms with E-state index in [1.807, 2.05) is 24.3 Å². The predicted molar refractivity (Wildman–Crippen MR) is 151 cm³/mol. The van der Waals surface area contributed by atoms with E-state index in [0.29, 0.717) is 35.2 Å². The molecule has 0 spiro atoms. The van der Waals surface area contributed by atoms with Crippen molar-refractivity contribution in [2.24, 2.45) is 5.92 Å². The molecule has 39 heavy (non-hydrogen) atoms. The van der Waals surface area contributed by atoms with E-state index in [4.69, 9.17) is 32.7 Å². The van der Waals surface area contributed by atoms with Crippen molar-refractivity contribution in [3.05, 3.63) is 76.3 Å². The first-order valence-corrected chi connectivity index (χ1v) is 13.9. The Hall–Kier alpha value is -2.87. The Labute approximate surface area is 239 Å². The Kier molecular flexibility index (Phi) is 9.36. The highest BCUT2D eigenvalue weighted by Crippen LogP contribution is 2.50. The van der Waals surface area contributed by atoms with Crippen LogP contribution < -0.4 is 10.1 Å². The summed E-state index contributed by atoms with van der Waals surface area (Å²) in [6.07, 6.45) is 3.57. The lowest BCUT2D eigenvalue weighted by Crippen LogP contribution is -2.61. The van der Waals surface area contributed by atoms with E-state index in [2.05, 4.69) is 16.8 Å². The number of halogens is 2. The normalized spacial score (nSPS) is 24.8. The summed E-state index contributed by atoms with van der Waals surface area (Å²) < 4.78 is 11.3. The SMILES string of the molecule is C=CCN1CC[C@@]2(c3cccc(OC(C)=O)c3)C[C@H](NC(=O)Cc3ccc(Cl)c(Cl)c3)CC(OC(C)=O)[C@@H]2C1. The molecule has 7 nitrogen and oxygen atoms in total. The standard InChI is InChI=1S/C30H34Cl2N2O5/c1-4-11-34-12-10-30(22-6-5-7-24(15-22)38-19(2)35)17-23(16-28(25(30)18-34)39-20(3)36)33-29(37)14-21-8-9-26(31)27(32)13-21/h4-9,13,15,23,25,28H,1,10-12,14,16-18H2,2-3H3,(H,33,37)/t23-,25+,28?,30+/m1/s1. The maximum atomic E-state index is 13.1. The molecule has 4 atom stereocenters. The van der Waals surface area contributed by atoms with Crippen LogP contribution >= 0.6 is 23.2 Å². The summed E-state index contributed by atoms with van der Waals surface area (Å²) in [4.78, 5) is 39.4. The van der Waals surface area contributed by atoms with Gasteiger partial charge in [0.25, 0.3) is 0 Å². The summed E-state index contributed by atoms with van der Waals surface area (Å²) >= 11 is 12.2. The molecule has 1 N–H and O–H groups in total. The van der Waals surface area contributed by atoms with Crippen molar-refractivity contribution in [2.75, 3.05) is 19.6 Å². The molecular weight excluding hydrogens is 539 g/mol. The number of hydrogen-bond acceptors (Lipinski definition) is 6. The number of benzene rings is 2. The molecule has 1 amide bonds. The fourth-order valence-electron chi connectivity index (χ4n) is 6.21. The van der Waals surface area contributed by atoms with Gasteiger partial charge in [0.05, 0.1) is 16.5 Å². The summed E-state index contributed by atoms with van der Waals surface area (Å²) in [5.41, 5.74) is 1.35. The number of ether oxygens (including phenoxy) is 2. The third kappa shape index (κ3) is 7.02. The maximum Gasteiger partial charge on any atom is 0.308 e. The zero-order valence-corrected chi connectivity index (χ0v) is 23.8. The summed E-state index contributed by atoms with van der Waals surface area (Å²) in [6, 6.07) is 12.5. The molecule has 2 aromatic carbocycles. The van der Waals surface area contributed by atoms with Crippen molar-refractivity contribution in [3.63, 3.8) is 0 Å². The lowest BCUT2D eigenvalue weighted by atomic mass is 9.57. The number of carbonyl (C=O) groups is 3. The van der Waals surface area contributed by atoms with Crippen LogP contribution in [0.5, 0.6) is 5.75 Å². The summed E-state index contributed by atoms with van der Waals surface area (Å²) in [7, 11) is 0. The zero-order valence-electron chi connectivity index (χ0n) is 22.3. The van der Waals surface area contributed by atoms with Gasteiger partial charge in [-0.3, -0.25) is 19.3 Å². The van der Waals surface area contributed by atoms with Crippen molar-refractivity contribution in [1.29, 1.82) is 0 Å². The lowest BCUT2D eigenvalue weighted by Gasteiger charge is -2.55. The van der Waals surface area contributed by atoms with E-state index >= 15 is 0 Å². The second-order valence-electron chi connectivity index (χ2n) is 10.5. The van der Waals surface area contributed by atoms with E-state index in [1.54, 1.807) is 24.3 Å². The Morgan fingerprint density at radius 1 is 1.13 bits per heavy atom. The third-order valence-corrected chi connectivity index (χ3v) is 8.44. The first kappa shape index (κ1) is 29.1. The number of nitrogens with one attached hydrogen (secondary N) is 1. The van der Waals surface area contributed by atoms with Crippen molar-refractivity contribution < 1.29 is 23.9 Å². The molecule has 1 heterocycles. The first-order chi connectivity index (χ1) is 18.6. The van der Waals surface area contributed by atoms with E-state index in [0.717, 1.165) is 30.6 Å². The topological polar surface area (TPSA) is 84.9 Å². The smallest absolute Gasteiger partial charge is 0.308 e. The summed E-state index contributed by atoms with van der Waals surface area (Å²) in [5, 5.41) is 4.03. The molecule has 2 aliphatic rings. The van der Waals surface area contributed by atoms with Crippen molar-refractivity contribution >= 4 is 41.0 Å². The number of piperidine rings is 1. The number of fused-ring (bicyclic) bond motifs is 1. The molecule has 2 fully saturated rings. The molecule has 1 saturated carbocycles. The van der Waals surface area contributed by atoms with Crippen LogP contribution in [0, 0.1) is 5.92 Å². The molecule has 1 unspecified atom stereocenters. The number of amides is 1. The predicted octanol–water partition coefficient (Wildman–Crippen LogP) is 5.12. The molecule has 9 heteroatoms. The quantitative estimate of drug-likeness (QED) is 0.268. The van der Waals surface area contributed by atoms with Crippen molar-refractivity contribution in [1.82, 2.24) is 10.2 Å². The third-order valence-electron chi connectivity index (χ3n) is 7.70. The van der Waals surface area contributed by atoms with Gasteiger partial charge in [-0.05, 0) is 54.8 Å². The number of esters is 2. The second-order valence-corrected chi connectivity index (χ2v) is 11.3. The van der Waals surface area contributed by atoms with Crippen molar-refractivity contribution in [3.8, 4) is 5.75 Å². The number of carbonyl (C=O) groups excluding carboxylic acids is 3. The van der Waals surface area contributed by atoms with Gasteiger partial charge in [0.2, 0.25) is 5.91 Å². The Balaban J connectivity index is 1.66.